The molecule has 2 aromatic heterocycles. The highest BCUT2D eigenvalue weighted by Crippen LogP contribution is 2.07. The van der Waals surface area contributed by atoms with Crippen molar-refractivity contribution >= 4 is 6.03 Å². The van der Waals surface area contributed by atoms with Crippen molar-refractivity contribution in [3.8, 4) is 5.82 Å². The molecule has 0 bridgehead atoms. The van der Waals surface area contributed by atoms with E-state index in [1.165, 1.54) is 0 Å². The van der Waals surface area contributed by atoms with Gasteiger partial charge in [0, 0.05) is 25.1 Å². The van der Waals surface area contributed by atoms with Crippen molar-refractivity contribution in [1.82, 2.24) is 25.2 Å². The van der Waals surface area contributed by atoms with Crippen LogP contribution in [0.25, 0.3) is 5.82 Å². The van der Waals surface area contributed by atoms with Gasteiger partial charge >= 0.3 is 6.03 Å². The molecule has 0 saturated carbocycles. The lowest BCUT2D eigenvalue weighted by Gasteiger charge is -2.18. The number of aliphatic hydroxyl groups excluding tert-OH is 1. The predicted octanol–water partition coefficient (Wildman–Crippen LogP) is 1.47. The zero-order valence-electron chi connectivity index (χ0n) is 13.4. The molecule has 0 aliphatic heterocycles. The van der Waals surface area contributed by atoms with E-state index < -0.39 is 0 Å². The average Bonchev–Trinajstić information content (AvgIpc) is 3.06. The molecule has 0 aliphatic rings. The minimum atomic E-state index is -0.286. The molecule has 0 saturated heterocycles. The number of urea groups is 1. The summed E-state index contributed by atoms with van der Waals surface area (Å²) in [5, 5.41) is 14.9. The lowest BCUT2D eigenvalue weighted by Crippen LogP contribution is -2.44. The van der Waals surface area contributed by atoms with Crippen molar-refractivity contribution in [2.75, 3.05) is 6.61 Å². The zero-order chi connectivity index (χ0) is 16.7. The van der Waals surface area contributed by atoms with Crippen molar-refractivity contribution < 1.29 is 9.90 Å². The van der Waals surface area contributed by atoms with Crippen LogP contribution in [0.5, 0.6) is 0 Å². The summed E-state index contributed by atoms with van der Waals surface area (Å²) in [4.78, 5) is 20.2. The monoisotopic (exact) mass is 317 g/mol. The molecule has 7 heteroatoms. The number of hydrogen-bond acceptors (Lipinski definition) is 4. The number of hydrogen-bond donors (Lipinski definition) is 3. The van der Waals surface area contributed by atoms with Crippen molar-refractivity contribution in [2.45, 2.75) is 32.9 Å². The van der Waals surface area contributed by atoms with Gasteiger partial charge in [-0.05, 0) is 30.0 Å². The van der Waals surface area contributed by atoms with Crippen LogP contribution >= 0.6 is 0 Å². The molecule has 3 N–H and O–H groups in total. The quantitative estimate of drug-likeness (QED) is 0.721. The van der Waals surface area contributed by atoms with Crippen LogP contribution in [0, 0.1) is 5.92 Å². The highest BCUT2D eigenvalue weighted by molar-refractivity contribution is 5.74. The minimum Gasteiger partial charge on any atom is -0.394 e. The number of nitrogens with zero attached hydrogens (tertiary/aromatic N) is 3. The number of amides is 2. The number of nitrogens with one attached hydrogen (secondary N) is 2. The Kier molecular flexibility index (Phi) is 6.10. The van der Waals surface area contributed by atoms with Gasteiger partial charge in [0.1, 0.15) is 12.1 Å². The molecule has 0 aliphatic carbocycles. The Bertz CT molecular complexity index is 613. The molecule has 2 rings (SSSR count). The second kappa shape index (κ2) is 8.28. The number of carbonyl (C=O) groups excluding carboxylic acids is 1. The van der Waals surface area contributed by atoms with Crippen molar-refractivity contribution in [1.29, 1.82) is 0 Å². The van der Waals surface area contributed by atoms with Gasteiger partial charge in [-0.15, -0.1) is 0 Å². The standard InChI is InChI=1S/C16H23N5O2/c1-12(2)7-14(10-22)20-16(23)19-9-13-3-4-18-15(8-13)21-6-5-17-11-21/h3-6,8,11-12,14,22H,7,9-10H2,1-2H3,(H2,19,20,23). The average molecular weight is 317 g/mol. The van der Waals surface area contributed by atoms with E-state index in [1.54, 1.807) is 23.3 Å². The lowest BCUT2D eigenvalue weighted by molar-refractivity contribution is 0.206. The van der Waals surface area contributed by atoms with Crippen LogP contribution in [0.1, 0.15) is 25.8 Å². The molecule has 0 fully saturated rings. The molecular weight excluding hydrogens is 294 g/mol. The first-order chi connectivity index (χ1) is 11.1. The SMILES string of the molecule is CC(C)CC(CO)NC(=O)NCc1ccnc(-n2ccnc2)c1. The van der Waals surface area contributed by atoms with Gasteiger partial charge in [0.15, 0.2) is 0 Å². The third-order valence-electron chi connectivity index (χ3n) is 3.34. The van der Waals surface area contributed by atoms with E-state index in [2.05, 4.69) is 34.4 Å². The van der Waals surface area contributed by atoms with E-state index in [9.17, 15) is 9.90 Å². The van der Waals surface area contributed by atoms with Crippen LogP contribution < -0.4 is 10.6 Å². The summed E-state index contributed by atoms with van der Waals surface area (Å²) < 4.78 is 1.80. The summed E-state index contributed by atoms with van der Waals surface area (Å²) in [7, 11) is 0. The lowest BCUT2D eigenvalue weighted by atomic mass is 10.0. The van der Waals surface area contributed by atoms with Crippen LogP contribution in [-0.4, -0.2) is 38.3 Å². The van der Waals surface area contributed by atoms with Crippen LogP contribution in [-0.2, 0) is 6.54 Å². The Balaban J connectivity index is 1.88. The number of aromatic nitrogens is 3. The van der Waals surface area contributed by atoms with Gasteiger partial charge in [-0.3, -0.25) is 4.57 Å². The summed E-state index contributed by atoms with van der Waals surface area (Å²) in [6, 6.07) is 3.22. The second-order valence-electron chi connectivity index (χ2n) is 5.83. The van der Waals surface area contributed by atoms with Gasteiger partial charge in [0.05, 0.1) is 12.6 Å². The van der Waals surface area contributed by atoms with E-state index in [1.807, 2.05) is 18.3 Å². The predicted molar refractivity (Wildman–Crippen MR) is 87.1 cm³/mol. The summed E-state index contributed by atoms with van der Waals surface area (Å²) in [6.07, 6.45) is 7.60. The van der Waals surface area contributed by atoms with Crippen LogP contribution in [0.15, 0.2) is 37.1 Å². The molecule has 2 heterocycles. The third kappa shape index (κ3) is 5.37. The fourth-order valence-corrected chi connectivity index (χ4v) is 2.27. The highest BCUT2D eigenvalue weighted by atomic mass is 16.3. The fraction of sp³-hybridized carbons (Fsp3) is 0.438. The van der Waals surface area contributed by atoms with Gasteiger partial charge in [0.25, 0.3) is 0 Å². The molecule has 23 heavy (non-hydrogen) atoms. The van der Waals surface area contributed by atoms with E-state index in [0.29, 0.717) is 12.5 Å². The minimum absolute atomic E-state index is 0.0639. The number of rotatable bonds is 7. The summed E-state index contributed by atoms with van der Waals surface area (Å²) in [5.41, 5.74) is 0.934. The van der Waals surface area contributed by atoms with E-state index in [4.69, 9.17) is 0 Å². The maximum absolute atomic E-state index is 11.9. The van der Waals surface area contributed by atoms with E-state index in [-0.39, 0.29) is 18.7 Å². The van der Waals surface area contributed by atoms with Crippen LogP contribution in [0.4, 0.5) is 4.79 Å². The summed E-state index contributed by atoms with van der Waals surface area (Å²) in [5.74, 6) is 1.15. The topological polar surface area (TPSA) is 92.1 Å². The smallest absolute Gasteiger partial charge is 0.315 e. The second-order valence-corrected chi connectivity index (χ2v) is 5.83. The van der Waals surface area contributed by atoms with Crippen LogP contribution in [0.3, 0.4) is 0 Å². The third-order valence-corrected chi connectivity index (χ3v) is 3.34. The molecule has 0 spiro atoms. The number of aliphatic hydroxyl groups is 1. The van der Waals surface area contributed by atoms with Gasteiger partial charge in [-0.2, -0.15) is 0 Å². The first-order valence-electron chi connectivity index (χ1n) is 7.67. The molecular formula is C16H23N5O2. The van der Waals surface area contributed by atoms with Crippen molar-refractivity contribution in [3.05, 3.63) is 42.6 Å². The van der Waals surface area contributed by atoms with Crippen LogP contribution in [0.2, 0.25) is 0 Å². The van der Waals surface area contributed by atoms with Gasteiger partial charge in [0.2, 0.25) is 0 Å². The van der Waals surface area contributed by atoms with Crippen molar-refractivity contribution in [2.24, 2.45) is 5.92 Å². The van der Waals surface area contributed by atoms with Gasteiger partial charge in [-0.25, -0.2) is 14.8 Å². The molecule has 2 amide bonds. The molecule has 1 atom stereocenters. The van der Waals surface area contributed by atoms with Gasteiger partial charge in [-0.1, -0.05) is 13.8 Å². The Hall–Kier alpha value is -2.41. The molecule has 0 aromatic carbocycles. The number of imidazole rings is 1. The molecule has 2 aromatic rings. The first-order valence-corrected chi connectivity index (χ1v) is 7.67. The fourth-order valence-electron chi connectivity index (χ4n) is 2.27. The zero-order valence-corrected chi connectivity index (χ0v) is 13.4. The highest BCUT2D eigenvalue weighted by Gasteiger charge is 2.12. The number of carbonyl (C=O) groups is 1. The molecule has 0 radical (unpaired) electrons. The van der Waals surface area contributed by atoms with E-state index in [0.717, 1.165) is 17.8 Å². The maximum Gasteiger partial charge on any atom is 0.315 e. The largest absolute Gasteiger partial charge is 0.394 e. The Labute approximate surface area is 135 Å². The number of pyridine rings is 1. The normalized spacial score (nSPS) is 12.2. The Morgan fingerprint density at radius 1 is 1.39 bits per heavy atom. The molecule has 7 nitrogen and oxygen atoms in total. The van der Waals surface area contributed by atoms with E-state index >= 15 is 0 Å². The first kappa shape index (κ1) is 17.0. The molecule has 1 unspecified atom stereocenters. The summed E-state index contributed by atoms with van der Waals surface area (Å²) >= 11 is 0. The summed E-state index contributed by atoms with van der Waals surface area (Å²) in [6.45, 7) is 4.43. The van der Waals surface area contributed by atoms with Crippen molar-refractivity contribution in [3.63, 3.8) is 0 Å². The molecule has 124 valence electrons. The van der Waals surface area contributed by atoms with Gasteiger partial charge < -0.3 is 15.7 Å². The Morgan fingerprint density at radius 3 is 2.87 bits per heavy atom. The Morgan fingerprint density at radius 2 is 2.22 bits per heavy atom. The maximum atomic E-state index is 11.9.